The van der Waals surface area contributed by atoms with Crippen molar-refractivity contribution in [2.75, 3.05) is 5.75 Å². The molecule has 1 aromatic heterocycles. The molecule has 7 heteroatoms. The van der Waals surface area contributed by atoms with Crippen molar-refractivity contribution in [1.82, 2.24) is 4.72 Å². The molecule has 0 bridgehead atoms. The molecule has 1 aliphatic rings. The molecule has 2 unspecified atom stereocenters. The first-order valence-corrected chi connectivity index (χ1v) is 10.0. The van der Waals surface area contributed by atoms with Gasteiger partial charge in [-0.25, -0.2) is 13.1 Å². The number of nitrogens with one attached hydrogen (secondary N) is 1. The minimum atomic E-state index is -3.33. The highest BCUT2D eigenvalue weighted by Gasteiger charge is 2.29. The van der Waals surface area contributed by atoms with Gasteiger partial charge in [-0.15, -0.1) is 11.3 Å². The third-order valence-corrected chi connectivity index (χ3v) is 7.79. The van der Waals surface area contributed by atoms with Crippen molar-refractivity contribution in [3.8, 4) is 0 Å². The maximum atomic E-state index is 12.1. The van der Waals surface area contributed by atoms with Crippen LogP contribution in [-0.4, -0.2) is 25.5 Å². The van der Waals surface area contributed by atoms with E-state index < -0.39 is 10.0 Å². The molecule has 18 heavy (non-hydrogen) atoms. The van der Waals surface area contributed by atoms with E-state index in [4.69, 9.17) is 0 Å². The van der Waals surface area contributed by atoms with Crippen LogP contribution in [0.3, 0.4) is 0 Å². The molecule has 0 aliphatic heterocycles. The molecule has 1 heterocycles. The normalized spacial score (nSPS) is 24.6. The number of hydrogen-bond acceptors (Lipinski definition) is 4. The lowest BCUT2D eigenvalue weighted by molar-refractivity contribution is 0.554. The van der Waals surface area contributed by atoms with E-state index in [1.807, 2.05) is 11.8 Å². The molecule has 0 aromatic carbocycles. The van der Waals surface area contributed by atoms with Gasteiger partial charge >= 0.3 is 0 Å². The fraction of sp³-hybridized carbons (Fsp3) is 0.636. The summed E-state index contributed by atoms with van der Waals surface area (Å²) < 4.78 is 28.3. The van der Waals surface area contributed by atoms with Gasteiger partial charge < -0.3 is 0 Å². The number of thiophene rings is 1. The predicted octanol–water partition coefficient (Wildman–Crippen LogP) is 3.46. The average molecular weight is 370 g/mol. The van der Waals surface area contributed by atoms with Crippen LogP contribution >= 0.6 is 39.0 Å². The first kappa shape index (κ1) is 14.8. The Bertz CT molecular complexity index is 500. The van der Waals surface area contributed by atoms with Gasteiger partial charge in [-0.2, -0.15) is 11.8 Å². The van der Waals surface area contributed by atoms with Crippen LogP contribution in [0.4, 0.5) is 0 Å². The summed E-state index contributed by atoms with van der Waals surface area (Å²) in [7, 11) is -3.33. The molecular formula is C11H16BrNO2S3. The quantitative estimate of drug-likeness (QED) is 0.864. The van der Waals surface area contributed by atoms with Crippen LogP contribution in [-0.2, 0) is 10.0 Å². The lowest BCUT2D eigenvalue weighted by Gasteiger charge is -2.12. The number of rotatable bonds is 5. The second kappa shape index (κ2) is 6.26. The van der Waals surface area contributed by atoms with E-state index in [0.29, 0.717) is 9.46 Å². The zero-order chi connectivity index (χ0) is 13.2. The molecule has 0 spiro atoms. The average Bonchev–Trinajstić information content (AvgIpc) is 2.88. The van der Waals surface area contributed by atoms with Gasteiger partial charge in [0, 0.05) is 11.3 Å². The van der Waals surface area contributed by atoms with Gasteiger partial charge in [-0.1, -0.05) is 6.92 Å². The van der Waals surface area contributed by atoms with Crippen molar-refractivity contribution >= 4 is 49.1 Å². The molecule has 1 saturated carbocycles. The van der Waals surface area contributed by atoms with Crippen molar-refractivity contribution < 1.29 is 8.42 Å². The first-order valence-electron chi connectivity index (χ1n) is 5.90. The minimum absolute atomic E-state index is 0.0972. The van der Waals surface area contributed by atoms with Gasteiger partial charge in [0.2, 0.25) is 10.0 Å². The highest BCUT2D eigenvalue weighted by Crippen LogP contribution is 2.31. The van der Waals surface area contributed by atoms with Gasteiger partial charge in [0.15, 0.2) is 0 Å². The van der Waals surface area contributed by atoms with Gasteiger partial charge in [-0.05, 0) is 53.1 Å². The summed E-state index contributed by atoms with van der Waals surface area (Å²) in [6.07, 6.45) is 3.01. The van der Waals surface area contributed by atoms with E-state index in [2.05, 4.69) is 27.6 Å². The Morgan fingerprint density at radius 1 is 1.50 bits per heavy atom. The summed E-state index contributed by atoms with van der Waals surface area (Å²) in [5.41, 5.74) is 0. The fourth-order valence-electron chi connectivity index (χ4n) is 2.15. The Labute approximate surface area is 125 Å². The van der Waals surface area contributed by atoms with E-state index >= 15 is 0 Å². The third-order valence-electron chi connectivity index (χ3n) is 2.92. The second-order valence-corrected chi connectivity index (χ2v) is 10.2. The molecule has 1 fully saturated rings. The number of halogens is 1. The second-order valence-electron chi connectivity index (χ2n) is 4.27. The summed E-state index contributed by atoms with van der Waals surface area (Å²) in [4.78, 5) is 0. The highest BCUT2D eigenvalue weighted by atomic mass is 79.9. The SMILES string of the molecule is CCSC1CCC(NS(=O)(=O)c2ccc(Br)s2)C1. The molecule has 102 valence electrons. The Hall–Kier alpha value is 0.440. The van der Waals surface area contributed by atoms with E-state index in [9.17, 15) is 8.42 Å². The summed E-state index contributed by atoms with van der Waals surface area (Å²) in [6.45, 7) is 2.14. The van der Waals surface area contributed by atoms with Crippen LogP contribution in [0.5, 0.6) is 0 Å². The van der Waals surface area contributed by atoms with Gasteiger partial charge in [0.25, 0.3) is 0 Å². The fourth-order valence-corrected chi connectivity index (χ4v) is 6.61. The molecule has 0 amide bonds. The van der Waals surface area contributed by atoms with Gasteiger partial charge in [0.05, 0.1) is 3.79 Å². The van der Waals surface area contributed by atoms with Crippen molar-refractivity contribution in [3.05, 3.63) is 15.9 Å². The maximum absolute atomic E-state index is 12.1. The molecule has 2 rings (SSSR count). The van der Waals surface area contributed by atoms with Crippen LogP contribution < -0.4 is 4.72 Å². The third kappa shape index (κ3) is 3.72. The van der Waals surface area contributed by atoms with Gasteiger partial charge in [-0.3, -0.25) is 0 Å². The van der Waals surface area contributed by atoms with Crippen molar-refractivity contribution in [2.24, 2.45) is 0 Å². The largest absolute Gasteiger partial charge is 0.250 e. The molecule has 0 saturated heterocycles. The molecule has 1 aliphatic carbocycles. The van der Waals surface area contributed by atoms with Crippen LogP contribution in [0.15, 0.2) is 20.1 Å². The molecule has 2 atom stereocenters. The Morgan fingerprint density at radius 2 is 2.28 bits per heavy atom. The molecule has 1 N–H and O–H groups in total. The van der Waals surface area contributed by atoms with Gasteiger partial charge in [0.1, 0.15) is 4.21 Å². The van der Waals surface area contributed by atoms with E-state index in [0.717, 1.165) is 28.8 Å². The van der Waals surface area contributed by atoms with E-state index in [1.165, 1.54) is 11.3 Å². The molecular weight excluding hydrogens is 354 g/mol. The maximum Gasteiger partial charge on any atom is 0.250 e. The highest BCUT2D eigenvalue weighted by molar-refractivity contribution is 9.11. The van der Waals surface area contributed by atoms with E-state index in [-0.39, 0.29) is 6.04 Å². The topological polar surface area (TPSA) is 46.2 Å². The van der Waals surface area contributed by atoms with Crippen LogP contribution in [0.2, 0.25) is 0 Å². The zero-order valence-electron chi connectivity index (χ0n) is 10.1. The molecule has 0 radical (unpaired) electrons. The summed E-state index contributed by atoms with van der Waals surface area (Å²) in [5.74, 6) is 1.10. The minimum Gasteiger partial charge on any atom is -0.207 e. The van der Waals surface area contributed by atoms with Crippen molar-refractivity contribution in [2.45, 2.75) is 41.7 Å². The smallest absolute Gasteiger partial charge is 0.207 e. The van der Waals surface area contributed by atoms with Crippen LogP contribution in [0, 0.1) is 0 Å². The monoisotopic (exact) mass is 369 g/mol. The number of hydrogen-bond donors (Lipinski definition) is 1. The summed E-state index contributed by atoms with van der Waals surface area (Å²) in [6, 6.07) is 3.51. The Morgan fingerprint density at radius 3 is 2.89 bits per heavy atom. The number of thioether (sulfide) groups is 1. The standard InChI is InChI=1S/C11H16BrNO2S3/c1-2-16-9-4-3-8(7-9)13-18(14,15)11-6-5-10(12)17-11/h5-6,8-9,13H,2-4,7H2,1H3. The summed E-state index contributed by atoms with van der Waals surface area (Å²) in [5, 5.41) is 0.609. The molecule has 3 nitrogen and oxygen atoms in total. The predicted molar refractivity (Wildman–Crippen MR) is 81.9 cm³/mol. The lowest BCUT2D eigenvalue weighted by atomic mass is 10.3. The van der Waals surface area contributed by atoms with Crippen LogP contribution in [0.25, 0.3) is 0 Å². The van der Waals surface area contributed by atoms with E-state index in [1.54, 1.807) is 12.1 Å². The Kier molecular flexibility index (Phi) is 5.16. The lowest BCUT2D eigenvalue weighted by Crippen LogP contribution is -2.32. The summed E-state index contributed by atoms with van der Waals surface area (Å²) >= 11 is 6.47. The van der Waals surface area contributed by atoms with Crippen molar-refractivity contribution in [1.29, 1.82) is 0 Å². The number of sulfonamides is 1. The Balaban J connectivity index is 1.98. The van der Waals surface area contributed by atoms with Crippen molar-refractivity contribution in [3.63, 3.8) is 0 Å². The zero-order valence-corrected chi connectivity index (χ0v) is 14.1. The first-order chi connectivity index (χ1) is 8.51. The van der Waals surface area contributed by atoms with Crippen LogP contribution in [0.1, 0.15) is 26.2 Å². The molecule has 1 aromatic rings.